The van der Waals surface area contributed by atoms with Gasteiger partial charge in [0.1, 0.15) is 0 Å². The fraction of sp³-hybridized carbons (Fsp3) is 0.583. The first kappa shape index (κ1) is 10.5. The third-order valence-electron chi connectivity index (χ3n) is 3.15. The first-order chi connectivity index (χ1) is 7.24. The molecule has 0 aliphatic heterocycles. The van der Waals surface area contributed by atoms with Crippen molar-refractivity contribution in [3.05, 3.63) is 29.6 Å². The van der Waals surface area contributed by atoms with E-state index in [9.17, 15) is 8.78 Å². The zero-order valence-corrected chi connectivity index (χ0v) is 8.79. The first-order valence-electron chi connectivity index (χ1n) is 5.46. The van der Waals surface area contributed by atoms with Crippen molar-refractivity contribution in [3.8, 4) is 0 Å². The summed E-state index contributed by atoms with van der Waals surface area (Å²) in [5.41, 5.74) is 0.932. The van der Waals surface area contributed by atoms with E-state index in [-0.39, 0.29) is 11.5 Å². The molecular weight excluding hydrogens is 196 g/mol. The number of hydrogen-bond donors (Lipinski definition) is 0. The summed E-state index contributed by atoms with van der Waals surface area (Å²) in [7, 11) is 0. The van der Waals surface area contributed by atoms with Gasteiger partial charge in [0, 0.05) is 18.0 Å². The molecule has 1 unspecified atom stereocenters. The molecule has 1 atom stereocenters. The molecule has 1 nitrogen and oxygen atoms in total. The number of aromatic nitrogens is 1. The van der Waals surface area contributed by atoms with Gasteiger partial charge in [-0.1, -0.05) is 6.92 Å². The van der Waals surface area contributed by atoms with Gasteiger partial charge in [-0.2, -0.15) is 0 Å². The van der Waals surface area contributed by atoms with Gasteiger partial charge in [0.25, 0.3) is 6.43 Å². The van der Waals surface area contributed by atoms with Crippen LogP contribution in [0.2, 0.25) is 0 Å². The Kier molecular flexibility index (Phi) is 2.98. The van der Waals surface area contributed by atoms with E-state index in [1.54, 1.807) is 6.20 Å². The first-order valence-corrected chi connectivity index (χ1v) is 5.46. The molecule has 0 saturated heterocycles. The predicted octanol–water partition coefficient (Wildman–Crippen LogP) is 3.92. The largest absolute Gasteiger partial charge is 0.264 e. The summed E-state index contributed by atoms with van der Waals surface area (Å²) in [5, 5.41) is 0. The van der Waals surface area contributed by atoms with E-state index in [2.05, 4.69) is 11.9 Å². The molecule has 3 heteroatoms. The zero-order chi connectivity index (χ0) is 10.8. The van der Waals surface area contributed by atoms with Crippen LogP contribution in [-0.2, 0) is 0 Å². The second kappa shape index (κ2) is 4.25. The van der Waals surface area contributed by atoms with Crippen molar-refractivity contribution in [2.75, 3.05) is 0 Å². The minimum Gasteiger partial charge on any atom is -0.264 e. The lowest BCUT2D eigenvalue weighted by Crippen LogP contribution is -2.05. The summed E-state index contributed by atoms with van der Waals surface area (Å²) in [4.78, 5) is 3.97. The Hall–Kier alpha value is -0.990. The molecule has 1 saturated carbocycles. The molecule has 0 amide bonds. The van der Waals surface area contributed by atoms with E-state index < -0.39 is 6.43 Å². The lowest BCUT2D eigenvalue weighted by atomic mass is 9.90. The molecule has 15 heavy (non-hydrogen) atoms. The monoisotopic (exact) mass is 211 g/mol. The third kappa shape index (κ3) is 2.16. The van der Waals surface area contributed by atoms with Crippen molar-refractivity contribution in [1.82, 2.24) is 4.98 Å². The van der Waals surface area contributed by atoms with Crippen molar-refractivity contribution < 1.29 is 8.78 Å². The van der Waals surface area contributed by atoms with Crippen molar-refractivity contribution in [3.63, 3.8) is 0 Å². The SMILES string of the molecule is CCC(c1cnccc1C(F)F)C1CC1. The summed E-state index contributed by atoms with van der Waals surface area (Å²) < 4.78 is 25.6. The van der Waals surface area contributed by atoms with Gasteiger partial charge in [0.15, 0.2) is 0 Å². The highest BCUT2D eigenvalue weighted by molar-refractivity contribution is 5.29. The molecule has 0 N–H and O–H groups in total. The highest BCUT2D eigenvalue weighted by atomic mass is 19.3. The Bertz CT molecular complexity index is 334. The molecule has 0 radical (unpaired) electrons. The van der Waals surface area contributed by atoms with Crippen LogP contribution in [0.25, 0.3) is 0 Å². The van der Waals surface area contributed by atoms with Crippen LogP contribution in [0.1, 0.15) is 49.7 Å². The summed E-state index contributed by atoms with van der Waals surface area (Å²) in [5.74, 6) is 0.888. The summed E-state index contributed by atoms with van der Waals surface area (Å²) >= 11 is 0. The molecule has 2 rings (SSSR count). The van der Waals surface area contributed by atoms with Crippen molar-refractivity contribution in [2.24, 2.45) is 5.92 Å². The quantitative estimate of drug-likeness (QED) is 0.735. The van der Waals surface area contributed by atoms with E-state index in [1.165, 1.54) is 25.1 Å². The molecule has 1 aromatic rings. The zero-order valence-electron chi connectivity index (χ0n) is 8.79. The van der Waals surface area contributed by atoms with E-state index in [0.29, 0.717) is 5.92 Å². The van der Waals surface area contributed by atoms with Crippen molar-refractivity contribution in [1.29, 1.82) is 0 Å². The molecule has 1 heterocycles. The molecule has 0 aromatic carbocycles. The fourth-order valence-corrected chi connectivity index (χ4v) is 2.23. The Balaban J connectivity index is 2.31. The minimum absolute atomic E-state index is 0.170. The number of rotatable bonds is 4. The average molecular weight is 211 g/mol. The van der Waals surface area contributed by atoms with Crippen LogP contribution in [0, 0.1) is 5.92 Å². The van der Waals surface area contributed by atoms with Gasteiger partial charge in [0.2, 0.25) is 0 Å². The van der Waals surface area contributed by atoms with Gasteiger partial charge in [0.05, 0.1) is 0 Å². The normalized spacial score (nSPS) is 18.1. The fourth-order valence-electron chi connectivity index (χ4n) is 2.23. The van der Waals surface area contributed by atoms with Gasteiger partial charge >= 0.3 is 0 Å². The molecular formula is C12H15F2N. The molecule has 82 valence electrons. The summed E-state index contributed by atoms with van der Waals surface area (Å²) in [6.45, 7) is 2.06. The van der Waals surface area contributed by atoms with E-state index >= 15 is 0 Å². The Labute approximate surface area is 88.5 Å². The minimum atomic E-state index is -2.38. The predicted molar refractivity (Wildman–Crippen MR) is 55.0 cm³/mol. The smallest absolute Gasteiger partial charge is 0.264 e. The third-order valence-corrected chi connectivity index (χ3v) is 3.15. The Morgan fingerprint density at radius 1 is 1.40 bits per heavy atom. The Morgan fingerprint density at radius 2 is 2.13 bits per heavy atom. The number of halogens is 2. The number of alkyl halides is 2. The summed E-state index contributed by atoms with van der Waals surface area (Å²) in [6.07, 6.45) is 3.97. The van der Waals surface area contributed by atoms with Crippen LogP contribution < -0.4 is 0 Å². The maximum Gasteiger partial charge on any atom is 0.264 e. The summed E-state index contributed by atoms with van der Waals surface area (Å²) in [6, 6.07) is 1.45. The van der Waals surface area contributed by atoms with Gasteiger partial charge < -0.3 is 0 Å². The lowest BCUT2D eigenvalue weighted by molar-refractivity contribution is 0.149. The second-order valence-electron chi connectivity index (χ2n) is 4.16. The number of nitrogens with zero attached hydrogens (tertiary/aromatic N) is 1. The van der Waals surface area contributed by atoms with E-state index in [1.807, 2.05) is 0 Å². The topological polar surface area (TPSA) is 12.9 Å². The van der Waals surface area contributed by atoms with Crippen molar-refractivity contribution >= 4 is 0 Å². The maximum absolute atomic E-state index is 12.8. The Morgan fingerprint density at radius 3 is 2.67 bits per heavy atom. The van der Waals surface area contributed by atoms with Crippen LogP contribution in [0.4, 0.5) is 8.78 Å². The molecule has 1 fully saturated rings. The van der Waals surface area contributed by atoms with Crippen LogP contribution in [0.3, 0.4) is 0 Å². The van der Waals surface area contributed by atoms with Crippen LogP contribution in [0.15, 0.2) is 18.5 Å². The van der Waals surface area contributed by atoms with Crippen LogP contribution in [0.5, 0.6) is 0 Å². The number of hydrogen-bond acceptors (Lipinski definition) is 1. The molecule has 1 aliphatic carbocycles. The van der Waals surface area contributed by atoms with E-state index in [0.717, 1.165) is 12.0 Å². The van der Waals surface area contributed by atoms with Crippen LogP contribution in [-0.4, -0.2) is 4.98 Å². The van der Waals surface area contributed by atoms with Gasteiger partial charge in [-0.15, -0.1) is 0 Å². The van der Waals surface area contributed by atoms with Crippen molar-refractivity contribution in [2.45, 2.75) is 38.5 Å². The highest BCUT2D eigenvalue weighted by Gasteiger charge is 2.33. The maximum atomic E-state index is 12.8. The lowest BCUT2D eigenvalue weighted by Gasteiger charge is -2.17. The standard InChI is InChI=1S/C12H15F2N/c1-2-9(8-3-4-8)11-7-15-6-5-10(11)12(13)14/h5-9,12H,2-4H2,1H3. The second-order valence-corrected chi connectivity index (χ2v) is 4.16. The van der Waals surface area contributed by atoms with Gasteiger partial charge in [-0.25, -0.2) is 8.78 Å². The molecule has 1 aliphatic rings. The van der Waals surface area contributed by atoms with Crippen LogP contribution >= 0.6 is 0 Å². The average Bonchev–Trinajstić information content (AvgIpc) is 3.04. The van der Waals surface area contributed by atoms with Gasteiger partial charge in [-0.3, -0.25) is 4.98 Å². The molecule has 1 aromatic heterocycles. The molecule has 0 spiro atoms. The van der Waals surface area contributed by atoms with E-state index in [4.69, 9.17) is 0 Å². The highest BCUT2D eigenvalue weighted by Crippen LogP contribution is 2.46. The van der Waals surface area contributed by atoms with Gasteiger partial charge in [-0.05, 0) is 42.7 Å². The molecule has 0 bridgehead atoms. The number of pyridine rings is 1.